The van der Waals surface area contributed by atoms with E-state index in [2.05, 4.69) is 70.5 Å². The maximum atomic E-state index is 11.5. The first kappa shape index (κ1) is 19.6. The smallest absolute Gasteiger partial charge is 0.229 e. The molecule has 1 aliphatic heterocycles. The summed E-state index contributed by atoms with van der Waals surface area (Å²) in [6, 6.07) is 26.7. The van der Waals surface area contributed by atoms with Gasteiger partial charge in [-0.3, -0.25) is 14.9 Å². The van der Waals surface area contributed by atoms with Gasteiger partial charge in [-0.15, -0.1) is 0 Å². The molecule has 0 radical (unpaired) electrons. The minimum Gasteiger partial charge on any atom is -0.294 e. The van der Waals surface area contributed by atoms with Crippen molar-refractivity contribution in [3.05, 3.63) is 101 Å². The summed E-state index contributed by atoms with van der Waals surface area (Å²) in [7, 11) is -1.16. The molecule has 0 saturated carbocycles. The van der Waals surface area contributed by atoms with Crippen LogP contribution in [0.4, 0.5) is 5.69 Å². The number of anilines is 1. The van der Waals surface area contributed by atoms with E-state index in [1.165, 1.54) is 16.7 Å². The lowest BCUT2D eigenvalue weighted by Crippen LogP contribution is -2.35. The number of hydrogen-bond donors (Lipinski definition) is 2. The minimum atomic E-state index is -3.29. The summed E-state index contributed by atoms with van der Waals surface area (Å²) in [5.41, 5.74) is 5.47. The molecule has 4 rings (SSSR count). The Morgan fingerprint density at radius 1 is 0.897 bits per heavy atom. The van der Waals surface area contributed by atoms with E-state index >= 15 is 0 Å². The SMILES string of the molecule is CN1C(c2ccc(NS(C)(=O)=O)cc2)NCc2ccccc2C1c1ccccc1. The number of hydrogen-bond acceptors (Lipinski definition) is 4. The first-order chi connectivity index (χ1) is 13.9. The fourth-order valence-corrected chi connectivity index (χ4v) is 4.60. The van der Waals surface area contributed by atoms with Gasteiger partial charge in [0.15, 0.2) is 0 Å². The molecule has 0 aliphatic carbocycles. The number of sulfonamides is 1. The first-order valence-corrected chi connectivity index (χ1v) is 11.5. The highest BCUT2D eigenvalue weighted by Gasteiger charge is 2.31. The van der Waals surface area contributed by atoms with Crippen LogP contribution in [-0.2, 0) is 16.6 Å². The Hall–Kier alpha value is -2.67. The maximum absolute atomic E-state index is 11.5. The third-order valence-corrected chi connectivity index (χ3v) is 5.90. The molecule has 3 aromatic carbocycles. The highest BCUT2D eigenvalue weighted by molar-refractivity contribution is 7.92. The molecule has 0 aromatic heterocycles. The molecule has 29 heavy (non-hydrogen) atoms. The van der Waals surface area contributed by atoms with Gasteiger partial charge in [-0.25, -0.2) is 8.42 Å². The number of benzene rings is 3. The Labute approximate surface area is 172 Å². The molecule has 1 aliphatic rings. The van der Waals surface area contributed by atoms with Crippen molar-refractivity contribution in [3.63, 3.8) is 0 Å². The Morgan fingerprint density at radius 2 is 1.55 bits per heavy atom. The summed E-state index contributed by atoms with van der Waals surface area (Å²) in [5, 5.41) is 3.66. The van der Waals surface area contributed by atoms with Crippen molar-refractivity contribution < 1.29 is 8.42 Å². The predicted molar refractivity (Wildman–Crippen MR) is 117 cm³/mol. The van der Waals surface area contributed by atoms with Crippen LogP contribution in [0.15, 0.2) is 78.9 Å². The third kappa shape index (κ3) is 4.34. The molecule has 6 heteroatoms. The van der Waals surface area contributed by atoms with Gasteiger partial charge >= 0.3 is 0 Å². The van der Waals surface area contributed by atoms with E-state index < -0.39 is 10.0 Å². The van der Waals surface area contributed by atoms with Gasteiger partial charge in [0.25, 0.3) is 0 Å². The molecule has 150 valence electrons. The van der Waals surface area contributed by atoms with Crippen LogP contribution in [0.2, 0.25) is 0 Å². The summed E-state index contributed by atoms with van der Waals surface area (Å²) < 4.78 is 25.5. The van der Waals surface area contributed by atoms with Gasteiger partial charge in [0.05, 0.1) is 18.5 Å². The number of nitrogens with zero attached hydrogens (tertiary/aromatic N) is 1. The molecule has 0 spiro atoms. The van der Waals surface area contributed by atoms with Crippen LogP contribution in [0.25, 0.3) is 0 Å². The van der Waals surface area contributed by atoms with Crippen molar-refractivity contribution in [1.29, 1.82) is 0 Å². The fraction of sp³-hybridized carbons (Fsp3) is 0.217. The van der Waals surface area contributed by atoms with E-state index in [-0.39, 0.29) is 12.2 Å². The van der Waals surface area contributed by atoms with Crippen LogP contribution in [-0.4, -0.2) is 26.6 Å². The van der Waals surface area contributed by atoms with E-state index in [0.29, 0.717) is 5.69 Å². The lowest BCUT2D eigenvalue weighted by atomic mass is 9.93. The lowest BCUT2D eigenvalue weighted by molar-refractivity contribution is 0.175. The molecule has 2 atom stereocenters. The van der Waals surface area contributed by atoms with E-state index in [4.69, 9.17) is 0 Å². The van der Waals surface area contributed by atoms with E-state index in [1.54, 1.807) is 0 Å². The minimum absolute atomic E-state index is 0.0140. The van der Waals surface area contributed by atoms with Crippen LogP contribution in [0.1, 0.15) is 34.5 Å². The number of nitrogens with one attached hydrogen (secondary N) is 2. The van der Waals surface area contributed by atoms with Crippen molar-refractivity contribution in [3.8, 4) is 0 Å². The quantitative estimate of drug-likeness (QED) is 0.689. The van der Waals surface area contributed by atoms with Gasteiger partial charge in [0.1, 0.15) is 0 Å². The first-order valence-electron chi connectivity index (χ1n) is 9.58. The Balaban J connectivity index is 1.71. The highest BCUT2D eigenvalue weighted by Crippen LogP contribution is 2.37. The molecule has 2 N–H and O–H groups in total. The van der Waals surface area contributed by atoms with Crippen molar-refractivity contribution in [2.45, 2.75) is 18.8 Å². The van der Waals surface area contributed by atoms with Gasteiger partial charge in [-0.1, -0.05) is 66.7 Å². The topological polar surface area (TPSA) is 61.4 Å². The summed E-state index contributed by atoms with van der Waals surface area (Å²) in [6.07, 6.45) is 1.14. The van der Waals surface area contributed by atoms with Crippen LogP contribution in [0.3, 0.4) is 0 Å². The molecule has 3 aromatic rings. The molecule has 2 unspecified atom stereocenters. The molecule has 0 amide bonds. The van der Waals surface area contributed by atoms with Gasteiger partial charge in [0.2, 0.25) is 10.0 Å². The molecular formula is C23H25N3O2S. The molecule has 0 bridgehead atoms. The second kappa shape index (κ2) is 7.99. The summed E-state index contributed by atoms with van der Waals surface area (Å²) in [4.78, 5) is 2.33. The summed E-state index contributed by atoms with van der Waals surface area (Å²) >= 11 is 0. The molecule has 5 nitrogen and oxygen atoms in total. The predicted octanol–water partition coefficient (Wildman–Crippen LogP) is 3.88. The number of fused-ring (bicyclic) bond motifs is 1. The molecule has 1 heterocycles. The monoisotopic (exact) mass is 407 g/mol. The van der Waals surface area contributed by atoms with Gasteiger partial charge in [-0.2, -0.15) is 0 Å². The van der Waals surface area contributed by atoms with Crippen molar-refractivity contribution in [2.75, 3.05) is 18.0 Å². The normalized spacial score (nSPS) is 19.9. The van der Waals surface area contributed by atoms with Crippen molar-refractivity contribution in [2.24, 2.45) is 0 Å². The lowest BCUT2D eigenvalue weighted by Gasteiger charge is -2.34. The van der Waals surface area contributed by atoms with Gasteiger partial charge < -0.3 is 0 Å². The summed E-state index contributed by atoms with van der Waals surface area (Å²) in [6.45, 7) is 0.762. The molecular weight excluding hydrogens is 382 g/mol. The van der Waals surface area contributed by atoms with E-state index in [0.717, 1.165) is 18.4 Å². The Morgan fingerprint density at radius 3 is 2.24 bits per heavy atom. The maximum Gasteiger partial charge on any atom is 0.229 e. The highest BCUT2D eigenvalue weighted by atomic mass is 32.2. The van der Waals surface area contributed by atoms with Gasteiger partial charge in [0, 0.05) is 12.2 Å². The Bertz CT molecular complexity index is 1080. The number of rotatable bonds is 4. The van der Waals surface area contributed by atoms with Crippen LogP contribution < -0.4 is 10.0 Å². The molecule has 0 saturated heterocycles. The van der Waals surface area contributed by atoms with Crippen LogP contribution in [0, 0.1) is 0 Å². The van der Waals surface area contributed by atoms with Crippen molar-refractivity contribution >= 4 is 15.7 Å². The summed E-state index contributed by atoms with van der Waals surface area (Å²) in [5.74, 6) is 0. The fourth-order valence-electron chi connectivity index (χ4n) is 4.03. The zero-order valence-corrected chi connectivity index (χ0v) is 17.4. The third-order valence-electron chi connectivity index (χ3n) is 5.30. The van der Waals surface area contributed by atoms with E-state index in [1.807, 2.05) is 30.3 Å². The second-order valence-electron chi connectivity index (χ2n) is 7.46. The Kier molecular flexibility index (Phi) is 5.41. The zero-order chi connectivity index (χ0) is 20.4. The molecule has 0 fully saturated rings. The van der Waals surface area contributed by atoms with Crippen LogP contribution >= 0.6 is 0 Å². The van der Waals surface area contributed by atoms with Gasteiger partial charge in [-0.05, 0) is 41.4 Å². The standard InChI is InChI=1S/C23H25N3O2S/c1-26-22(17-8-4-3-5-9-17)21-11-7-6-10-19(21)16-24-23(26)18-12-14-20(15-13-18)25-29(2,27)28/h3-15,22-25H,16H2,1-2H3. The van der Waals surface area contributed by atoms with Crippen molar-refractivity contribution in [1.82, 2.24) is 10.2 Å². The largest absolute Gasteiger partial charge is 0.294 e. The van der Waals surface area contributed by atoms with Crippen LogP contribution in [0.5, 0.6) is 0 Å². The van der Waals surface area contributed by atoms with E-state index in [9.17, 15) is 8.42 Å². The zero-order valence-electron chi connectivity index (χ0n) is 16.5. The second-order valence-corrected chi connectivity index (χ2v) is 9.21. The average Bonchev–Trinajstić information content (AvgIpc) is 2.84. The average molecular weight is 408 g/mol.